The van der Waals surface area contributed by atoms with Crippen LogP contribution in [0.25, 0.3) is 0 Å². The number of quaternary nitrogens is 1. The number of ether oxygens (including phenoxy) is 1. The maximum absolute atomic E-state index is 12.4. The van der Waals surface area contributed by atoms with Gasteiger partial charge in [0.15, 0.2) is 5.78 Å². The van der Waals surface area contributed by atoms with Crippen LogP contribution in [0, 0.1) is 0 Å². The van der Waals surface area contributed by atoms with Crippen LogP contribution in [-0.4, -0.2) is 37.5 Å². The number of likely N-dealkylation sites (N-methyl/N-ethyl adjacent to an activating group) is 1. The van der Waals surface area contributed by atoms with E-state index in [4.69, 9.17) is 4.74 Å². The minimum absolute atomic E-state index is 0. The van der Waals surface area contributed by atoms with Crippen LogP contribution < -0.4 is 21.7 Å². The molecule has 2 aromatic rings. The number of hydrogen-bond acceptors (Lipinski definition) is 2. The van der Waals surface area contributed by atoms with Crippen molar-refractivity contribution < 1.29 is 31.0 Å². The third-order valence-corrected chi connectivity index (χ3v) is 6.10. The van der Waals surface area contributed by atoms with Crippen LogP contribution in [0.5, 0.6) is 5.75 Å². The van der Waals surface area contributed by atoms with E-state index in [2.05, 4.69) is 51.4 Å². The van der Waals surface area contributed by atoms with E-state index in [1.165, 1.54) is 50.5 Å². The molecule has 184 valence electrons. The Hall–Kier alpha value is -1.65. The Labute approximate surface area is 212 Å². The lowest BCUT2D eigenvalue weighted by atomic mass is 10.0. The zero-order valence-electron chi connectivity index (χ0n) is 21.0. The smallest absolute Gasteiger partial charge is 0.162 e. The summed E-state index contributed by atoms with van der Waals surface area (Å²) in [5, 5.41) is 0. The standard InChI is InChI=1S/C29H44NO2.BrH/c1-4-5-6-7-8-9-10-11-15-18-29(31)27-19-21-28(22-20-27)32-24-23-30(2,3)25-26-16-13-12-14-17-26;/h12-14,16-17,19-22H,4-11,15,18,23-25H2,1-3H3;1H/q+1;/p-1. The van der Waals surface area contributed by atoms with Crippen molar-refractivity contribution in [1.29, 1.82) is 0 Å². The first-order chi connectivity index (χ1) is 15.5. The molecule has 33 heavy (non-hydrogen) atoms. The van der Waals surface area contributed by atoms with Crippen molar-refractivity contribution in [3.8, 4) is 5.75 Å². The molecule has 0 aliphatic heterocycles. The van der Waals surface area contributed by atoms with Gasteiger partial charge in [-0.1, -0.05) is 88.6 Å². The predicted octanol–water partition coefficient (Wildman–Crippen LogP) is 4.45. The summed E-state index contributed by atoms with van der Waals surface area (Å²) in [5.41, 5.74) is 2.14. The summed E-state index contributed by atoms with van der Waals surface area (Å²) in [7, 11) is 4.45. The average molecular weight is 519 g/mol. The minimum Gasteiger partial charge on any atom is -1.00 e. The second-order valence-electron chi connectivity index (χ2n) is 9.68. The lowest BCUT2D eigenvalue weighted by Crippen LogP contribution is -3.00. The van der Waals surface area contributed by atoms with Gasteiger partial charge in [-0.15, -0.1) is 0 Å². The van der Waals surface area contributed by atoms with E-state index >= 15 is 0 Å². The molecule has 0 fully saturated rings. The van der Waals surface area contributed by atoms with E-state index in [-0.39, 0.29) is 22.8 Å². The van der Waals surface area contributed by atoms with Gasteiger partial charge in [0.2, 0.25) is 0 Å². The Morgan fingerprint density at radius 1 is 0.788 bits per heavy atom. The summed E-state index contributed by atoms with van der Waals surface area (Å²) in [6, 6.07) is 18.3. The van der Waals surface area contributed by atoms with Crippen molar-refractivity contribution in [2.75, 3.05) is 27.2 Å². The van der Waals surface area contributed by atoms with Gasteiger partial charge in [-0.25, -0.2) is 0 Å². The molecule has 0 aliphatic rings. The van der Waals surface area contributed by atoms with Gasteiger partial charge in [0.05, 0.1) is 14.1 Å². The molecule has 0 atom stereocenters. The van der Waals surface area contributed by atoms with Gasteiger partial charge in [0.1, 0.15) is 25.4 Å². The molecule has 2 aromatic carbocycles. The molecule has 0 N–H and O–H groups in total. The average Bonchev–Trinajstić information content (AvgIpc) is 2.78. The van der Waals surface area contributed by atoms with Crippen LogP contribution in [0.3, 0.4) is 0 Å². The molecule has 0 saturated heterocycles. The van der Waals surface area contributed by atoms with Gasteiger partial charge < -0.3 is 26.2 Å². The Bertz CT molecular complexity index is 759. The molecule has 0 aliphatic carbocycles. The highest BCUT2D eigenvalue weighted by molar-refractivity contribution is 5.96. The predicted molar refractivity (Wildman–Crippen MR) is 135 cm³/mol. The van der Waals surface area contributed by atoms with Crippen LogP contribution in [0.1, 0.15) is 87.1 Å². The summed E-state index contributed by atoms with van der Waals surface area (Å²) < 4.78 is 6.82. The Kier molecular flexibility index (Phi) is 15.0. The van der Waals surface area contributed by atoms with Crippen molar-refractivity contribution in [1.82, 2.24) is 0 Å². The number of ketones is 1. The topological polar surface area (TPSA) is 26.3 Å². The first-order valence-corrected chi connectivity index (χ1v) is 12.6. The lowest BCUT2D eigenvalue weighted by molar-refractivity contribution is -0.903. The minimum atomic E-state index is 0. The zero-order valence-corrected chi connectivity index (χ0v) is 22.6. The lowest BCUT2D eigenvalue weighted by Gasteiger charge is -2.29. The summed E-state index contributed by atoms with van der Waals surface area (Å²) >= 11 is 0. The van der Waals surface area contributed by atoms with Crippen molar-refractivity contribution in [3.05, 3.63) is 65.7 Å². The van der Waals surface area contributed by atoms with Crippen molar-refractivity contribution in [2.45, 2.75) is 77.7 Å². The number of unbranched alkanes of at least 4 members (excludes halogenated alkanes) is 8. The number of carbonyl (C=O) groups excluding carboxylic acids is 1. The Morgan fingerprint density at radius 3 is 1.97 bits per heavy atom. The third kappa shape index (κ3) is 13.0. The SMILES string of the molecule is CCCCCCCCCCCC(=O)c1ccc(OCC[N+](C)(C)Cc2ccccc2)cc1.[Br-]. The largest absolute Gasteiger partial charge is 1.00 e. The second-order valence-corrected chi connectivity index (χ2v) is 9.68. The maximum Gasteiger partial charge on any atom is 0.162 e. The van der Waals surface area contributed by atoms with Gasteiger partial charge in [0, 0.05) is 17.5 Å². The summed E-state index contributed by atoms with van der Waals surface area (Å²) in [6.45, 7) is 4.82. The number of halogens is 1. The molecular formula is C29H44BrNO2. The van der Waals surface area contributed by atoms with Crippen LogP contribution in [-0.2, 0) is 6.54 Å². The molecule has 0 saturated carbocycles. The first-order valence-electron chi connectivity index (χ1n) is 12.6. The number of hydrogen-bond donors (Lipinski definition) is 0. The van der Waals surface area contributed by atoms with Gasteiger partial charge in [0.25, 0.3) is 0 Å². The number of Topliss-reactive ketones (excluding diaryl/α,β-unsaturated/α-hetero) is 1. The fraction of sp³-hybridized carbons (Fsp3) is 0.552. The van der Waals surface area contributed by atoms with Crippen molar-refractivity contribution in [2.24, 2.45) is 0 Å². The zero-order chi connectivity index (χ0) is 23.1. The van der Waals surface area contributed by atoms with Crippen LogP contribution in [0.4, 0.5) is 0 Å². The summed E-state index contributed by atoms with van der Waals surface area (Å²) in [4.78, 5) is 12.4. The molecule has 0 radical (unpaired) electrons. The molecule has 0 spiro atoms. The Balaban J connectivity index is 0.00000544. The van der Waals surface area contributed by atoms with E-state index in [0.29, 0.717) is 13.0 Å². The normalized spacial score (nSPS) is 11.1. The van der Waals surface area contributed by atoms with Crippen LogP contribution in [0.2, 0.25) is 0 Å². The second kappa shape index (κ2) is 16.9. The summed E-state index contributed by atoms with van der Waals surface area (Å²) in [6.07, 6.45) is 12.1. The maximum atomic E-state index is 12.4. The fourth-order valence-electron chi connectivity index (χ4n) is 4.04. The number of benzene rings is 2. The van der Waals surface area contributed by atoms with Crippen LogP contribution in [0.15, 0.2) is 54.6 Å². The third-order valence-electron chi connectivity index (χ3n) is 6.10. The summed E-state index contributed by atoms with van der Waals surface area (Å²) in [5.74, 6) is 1.09. The van der Waals surface area contributed by atoms with E-state index in [9.17, 15) is 4.79 Å². The number of carbonyl (C=O) groups is 1. The van der Waals surface area contributed by atoms with Crippen molar-refractivity contribution in [3.63, 3.8) is 0 Å². The molecule has 0 unspecified atom stereocenters. The molecule has 0 bridgehead atoms. The highest BCUT2D eigenvalue weighted by Gasteiger charge is 2.16. The Morgan fingerprint density at radius 2 is 1.36 bits per heavy atom. The van der Waals surface area contributed by atoms with E-state index in [1.807, 2.05) is 24.3 Å². The van der Waals surface area contributed by atoms with E-state index in [0.717, 1.165) is 41.7 Å². The molecule has 0 amide bonds. The number of nitrogens with zero attached hydrogens (tertiary/aromatic N) is 1. The van der Waals surface area contributed by atoms with Gasteiger partial charge in [-0.05, 0) is 30.7 Å². The van der Waals surface area contributed by atoms with E-state index in [1.54, 1.807) is 0 Å². The highest BCUT2D eigenvalue weighted by Crippen LogP contribution is 2.17. The first kappa shape index (κ1) is 29.4. The number of rotatable bonds is 17. The molecule has 0 heterocycles. The molecule has 4 heteroatoms. The highest BCUT2D eigenvalue weighted by atomic mass is 79.9. The fourth-order valence-corrected chi connectivity index (χ4v) is 4.04. The van der Waals surface area contributed by atoms with Crippen LogP contribution >= 0.6 is 0 Å². The molecular weight excluding hydrogens is 474 g/mol. The molecule has 2 rings (SSSR count). The molecule has 3 nitrogen and oxygen atoms in total. The van der Waals surface area contributed by atoms with Gasteiger partial charge in [-0.3, -0.25) is 4.79 Å². The monoisotopic (exact) mass is 517 g/mol. The molecule has 0 aromatic heterocycles. The van der Waals surface area contributed by atoms with Gasteiger partial charge in [-0.2, -0.15) is 0 Å². The van der Waals surface area contributed by atoms with Crippen molar-refractivity contribution >= 4 is 5.78 Å². The quantitative estimate of drug-likeness (QED) is 0.176. The van der Waals surface area contributed by atoms with E-state index < -0.39 is 0 Å². The van der Waals surface area contributed by atoms with Gasteiger partial charge >= 0.3 is 0 Å².